The molecule has 1 aliphatic rings. The van der Waals surface area contributed by atoms with Crippen LogP contribution in [0.25, 0.3) is 21.1 Å². The molecule has 1 fully saturated rings. The fourth-order valence-corrected chi connectivity index (χ4v) is 4.97. The van der Waals surface area contributed by atoms with Crippen molar-refractivity contribution >= 4 is 37.6 Å². The maximum Gasteiger partial charge on any atom is 0.183 e. The smallest absolute Gasteiger partial charge is 0.183 e. The molecule has 0 spiro atoms. The Morgan fingerprint density at radius 3 is 2.80 bits per heavy atom. The van der Waals surface area contributed by atoms with Crippen molar-refractivity contribution in [2.24, 2.45) is 5.92 Å². The fraction of sp³-hybridized carbons (Fsp3) is 0.292. The summed E-state index contributed by atoms with van der Waals surface area (Å²) in [4.78, 5) is 9.09. The highest BCUT2D eigenvalue weighted by atomic mass is 32.1. The van der Waals surface area contributed by atoms with Crippen LogP contribution in [0.4, 0.5) is 5.13 Å². The third-order valence-corrected chi connectivity index (χ3v) is 6.66. The second kappa shape index (κ2) is 8.29. The molecule has 6 heteroatoms. The summed E-state index contributed by atoms with van der Waals surface area (Å²) >= 11 is 1.66. The van der Waals surface area contributed by atoms with Crippen molar-refractivity contribution in [2.75, 3.05) is 11.9 Å². The molecule has 0 aliphatic heterocycles. The summed E-state index contributed by atoms with van der Waals surface area (Å²) in [5.41, 5.74) is 2.37. The Balaban J connectivity index is 1.36. The Morgan fingerprint density at radius 2 is 1.93 bits per heavy atom. The van der Waals surface area contributed by atoms with E-state index in [2.05, 4.69) is 16.4 Å². The van der Waals surface area contributed by atoms with Crippen molar-refractivity contribution in [3.8, 4) is 17.6 Å². The van der Waals surface area contributed by atoms with Crippen molar-refractivity contribution in [1.29, 1.82) is 5.26 Å². The largest absolute Gasteiger partial charge is 0.457 e. The normalized spacial score (nSPS) is 14.6. The number of aromatic nitrogens is 2. The molecule has 2 aromatic heterocycles. The van der Waals surface area contributed by atoms with Gasteiger partial charge in [0.2, 0.25) is 0 Å². The summed E-state index contributed by atoms with van der Waals surface area (Å²) in [5.74, 6) is 2.21. The van der Waals surface area contributed by atoms with Gasteiger partial charge in [0, 0.05) is 24.2 Å². The molecule has 1 aliphatic carbocycles. The van der Waals surface area contributed by atoms with Crippen LogP contribution in [0.15, 0.2) is 48.7 Å². The van der Waals surface area contributed by atoms with Crippen LogP contribution >= 0.6 is 11.3 Å². The van der Waals surface area contributed by atoms with E-state index in [-0.39, 0.29) is 0 Å². The molecule has 1 N–H and O–H groups in total. The van der Waals surface area contributed by atoms with E-state index in [1.54, 1.807) is 23.6 Å². The number of pyridine rings is 1. The van der Waals surface area contributed by atoms with Crippen LogP contribution in [0.5, 0.6) is 11.5 Å². The van der Waals surface area contributed by atoms with Crippen LogP contribution in [0.1, 0.15) is 37.7 Å². The van der Waals surface area contributed by atoms with Gasteiger partial charge in [-0.25, -0.2) is 4.98 Å². The number of benzene rings is 2. The maximum atomic E-state index is 9.20. The lowest BCUT2D eigenvalue weighted by molar-refractivity contribution is 0.373. The molecule has 0 amide bonds. The Labute approximate surface area is 179 Å². The number of nitriles is 1. The first-order chi connectivity index (χ1) is 14.8. The van der Waals surface area contributed by atoms with Gasteiger partial charge < -0.3 is 10.1 Å². The third kappa shape index (κ3) is 3.94. The van der Waals surface area contributed by atoms with E-state index < -0.39 is 0 Å². The zero-order valence-corrected chi connectivity index (χ0v) is 17.4. The van der Waals surface area contributed by atoms with Gasteiger partial charge in [0.15, 0.2) is 5.13 Å². The molecule has 0 atom stereocenters. The van der Waals surface area contributed by atoms with Gasteiger partial charge in [0.05, 0.1) is 27.4 Å². The quantitative estimate of drug-likeness (QED) is 0.403. The molecule has 5 rings (SSSR count). The van der Waals surface area contributed by atoms with Crippen LogP contribution in [0.3, 0.4) is 0 Å². The average molecular weight is 415 g/mol. The molecule has 0 bridgehead atoms. The molecule has 4 aromatic rings. The summed E-state index contributed by atoms with van der Waals surface area (Å²) in [6.07, 6.45) is 8.46. The lowest BCUT2D eigenvalue weighted by Crippen LogP contribution is -2.16. The Morgan fingerprint density at radius 1 is 1.07 bits per heavy atom. The summed E-state index contributed by atoms with van der Waals surface area (Å²) in [7, 11) is 0. The van der Waals surface area contributed by atoms with Crippen LogP contribution in [0.2, 0.25) is 0 Å². The number of rotatable bonds is 5. The molecule has 0 radical (unpaired) electrons. The van der Waals surface area contributed by atoms with Gasteiger partial charge in [-0.3, -0.25) is 4.98 Å². The molecule has 150 valence electrons. The predicted octanol–water partition coefficient (Wildman–Crippen LogP) is 6.50. The molecule has 5 nitrogen and oxygen atoms in total. The molecule has 0 saturated heterocycles. The van der Waals surface area contributed by atoms with Crippen molar-refractivity contribution < 1.29 is 4.74 Å². The molecule has 2 heterocycles. The minimum atomic E-state index is 0.590. The minimum absolute atomic E-state index is 0.590. The number of ether oxygens (including phenoxy) is 1. The second-order valence-corrected chi connectivity index (χ2v) is 8.82. The Bertz CT molecular complexity index is 1240. The molecule has 30 heavy (non-hydrogen) atoms. The topological polar surface area (TPSA) is 70.8 Å². The first-order valence-electron chi connectivity index (χ1n) is 10.4. The fourth-order valence-electron chi connectivity index (χ4n) is 4.07. The second-order valence-electron chi connectivity index (χ2n) is 7.79. The number of hydrogen-bond donors (Lipinski definition) is 1. The van der Waals surface area contributed by atoms with Gasteiger partial charge in [-0.15, -0.1) is 0 Å². The third-order valence-electron chi connectivity index (χ3n) is 5.69. The highest BCUT2D eigenvalue weighted by Gasteiger charge is 2.14. The highest BCUT2D eigenvalue weighted by Crippen LogP contribution is 2.34. The van der Waals surface area contributed by atoms with Crippen molar-refractivity contribution in [1.82, 2.24) is 9.97 Å². The number of nitrogens with one attached hydrogen (secondary N) is 1. The summed E-state index contributed by atoms with van der Waals surface area (Å²) in [6.45, 7) is 1.01. The average Bonchev–Trinajstić information content (AvgIpc) is 3.20. The number of hydrogen-bond acceptors (Lipinski definition) is 6. The number of thiazole rings is 1. The predicted molar refractivity (Wildman–Crippen MR) is 121 cm³/mol. The van der Waals surface area contributed by atoms with Gasteiger partial charge in [-0.2, -0.15) is 5.26 Å². The number of anilines is 1. The van der Waals surface area contributed by atoms with E-state index in [0.717, 1.165) is 44.5 Å². The van der Waals surface area contributed by atoms with E-state index in [4.69, 9.17) is 9.72 Å². The minimum Gasteiger partial charge on any atom is -0.457 e. The van der Waals surface area contributed by atoms with Gasteiger partial charge in [0.25, 0.3) is 0 Å². The summed E-state index contributed by atoms with van der Waals surface area (Å²) in [5, 5.41) is 14.5. The summed E-state index contributed by atoms with van der Waals surface area (Å²) < 4.78 is 7.27. The van der Waals surface area contributed by atoms with E-state index in [0.29, 0.717) is 11.3 Å². The zero-order chi connectivity index (χ0) is 20.3. The van der Waals surface area contributed by atoms with Crippen LogP contribution in [-0.4, -0.2) is 16.5 Å². The van der Waals surface area contributed by atoms with E-state index in [9.17, 15) is 5.26 Å². The lowest BCUT2D eigenvalue weighted by atomic mass is 9.89. The molecular weight excluding hydrogens is 392 g/mol. The van der Waals surface area contributed by atoms with E-state index in [1.807, 2.05) is 36.4 Å². The van der Waals surface area contributed by atoms with Crippen LogP contribution in [-0.2, 0) is 0 Å². The van der Waals surface area contributed by atoms with Gasteiger partial charge in [0.1, 0.15) is 11.5 Å². The summed E-state index contributed by atoms with van der Waals surface area (Å²) in [6, 6.07) is 15.4. The van der Waals surface area contributed by atoms with Gasteiger partial charge >= 0.3 is 0 Å². The molecule has 0 unspecified atom stereocenters. The first kappa shape index (κ1) is 18.8. The van der Waals surface area contributed by atoms with Crippen molar-refractivity contribution in [3.05, 3.63) is 54.2 Å². The number of nitrogens with zero attached hydrogens (tertiary/aromatic N) is 3. The van der Waals surface area contributed by atoms with E-state index in [1.165, 1.54) is 32.1 Å². The maximum absolute atomic E-state index is 9.20. The standard InChI is InChI=1S/C24H22N4OS/c25-14-17-6-8-20-19(12-17)22(10-11-26-20)29-18-7-9-21-23(13-18)30-24(28-21)27-15-16-4-2-1-3-5-16/h6-13,16H,1-5,15H2,(H,27,28). The molecular formula is C24H22N4OS. The zero-order valence-electron chi connectivity index (χ0n) is 16.6. The lowest BCUT2D eigenvalue weighted by Gasteiger charge is -2.21. The van der Waals surface area contributed by atoms with Crippen molar-refractivity contribution in [2.45, 2.75) is 32.1 Å². The van der Waals surface area contributed by atoms with Gasteiger partial charge in [-0.05, 0) is 55.2 Å². The Kier molecular flexibility index (Phi) is 5.20. The van der Waals surface area contributed by atoms with Crippen LogP contribution in [0, 0.1) is 17.2 Å². The van der Waals surface area contributed by atoms with Crippen LogP contribution < -0.4 is 10.1 Å². The monoisotopic (exact) mass is 414 g/mol. The molecule has 1 saturated carbocycles. The van der Waals surface area contributed by atoms with Crippen molar-refractivity contribution in [3.63, 3.8) is 0 Å². The van der Waals surface area contributed by atoms with Gasteiger partial charge in [-0.1, -0.05) is 30.6 Å². The molecule has 2 aromatic carbocycles. The van der Waals surface area contributed by atoms with E-state index >= 15 is 0 Å². The highest BCUT2D eigenvalue weighted by molar-refractivity contribution is 7.22. The number of fused-ring (bicyclic) bond motifs is 2. The first-order valence-corrected chi connectivity index (χ1v) is 11.2. The SMILES string of the molecule is N#Cc1ccc2nccc(Oc3ccc4nc(NCC5CCCCC5)sc4c3)c2c1. The Hall–Kier alpha value is -3.17.